The number of amides is 1. The Labute approximate surface area is 165 Å². The first kappa shape index (κ1) is 20.3. The molecule has 1 heterocycles. The summed E-state index contributed by atoms with van der Waals surface area (Å²) in [7, 11) is -3.30. The molecule has 1 aromatic carbocycles. The van der Waals surface area contributed by atoms with Crippen molar-refractivity contribution in [3.8, 4) is 0 Å². The summed E-state index contributed by atoms with van der Waals surface area (Å²) in [6.45, 7) is 6.02. The van der Waals surface area contributed by atoms with Crippen molar-refractivity contribution < 1.29 is 18.6 Å². The van der Waals surface area contributed by atoms with Crippen LogP contribution in [0.5, 0.6) is 0 Å². The number of alkyl carbamates (subject to hydrolysis) is 1. The molecule has 1 N–H and O–H groups in total. The van der Waals surface area contributed by atoms with Crippen molar-refractivity contribution in [1.82, 2.24) is 10.3 Å². The molecular formula is C21H25N2O4P. The van der Waals surface area contributed by atoms with Gasteiger partial charge in [0.2, 0.25) is 7.37 Å². The SMILES string of the molecule is C=C[C@@H]1C[C@]1(NC(=O)OCc1ccccc1)[P@](=O)(Cc1ccccn1)OCC. The van der Waals surface area contributed by atoms with E-state index in [2.05, 4.69) is 16.9 Å². The van der Waals surface area contributed by atoms with Crippen LogP contribution in [0.25, 0.3) is 0 Å². The molecule has 0 spiro atoms. The highest BCUT2D eigenvalue weighted by Gasteiger charge is 2.66. The molecular weight excluding hydrogens is 375 g/mol. The average Bonchev–Trinajstić information content (AvgIpc) is 3.43. The predicted molar refractivity (Wildman–Crippen MR) is 108 cm³/mol. The van der Waals surface area contributed by atoms with Gasteiger partial charge in [0.15, 0.2) is 0 Å². The summed E-state index contributed by atoms with van der Waals surface area (Å²) in [6, 6.07) is 14.8. The molecule has 6 nitrogen and oxygen atoms in total. The molecule has 28 heavy (non-hydrogen) atoms. The van der Waals surface area contributed by atoms with Gasteiger partial charge in [-0.25, -0.2) is 4.79 Å². The molecule has 0 unspecified atom stereocenters. The van der Waals surface area contributed by atoms with Crippen LogP contribution < -0.4 is 5.32 Å². The quantitative estimate of drug-likeness (QED) is 0.487. The van der Waals surface area contributed by atoms with E-state index in [1.807, 2.05) is 36.4 Å². The first-order valence-electron chi connectivity index (χ1n) is 9.28. The number of hydrogen-bond donors (Lipinski definition) is 1. The van der Waals surface area contributed by atoms with Gasteiger partial charge < -0.3 is 14.6 Å². The zero-order valence-corrected chi connectivity index (χ0v) is 16.8. The molecule has 1 fully saturated rings. The summed E-state index contributed by atoms with van der Waals surface area (Å²) in [4.78, 5) is 16.7. The van der Waals surface area contributed by atoms with Crippen molar-refractivity contribution >= 4 is 13.5 Å². The van der Waals surface area contributed by atoms with Crippen LogP contribution in [0.1, 0.15) is 24.6 Å². The third-order valence-electron chi connectivity index (χ3n) is 4.84. The third-order valence-corrected chi connectivity index (χ3v) is 8.10. The van der Waals surface area contributed by atoms with E-state index in [1.165, 1.54) is 0 Å². The minimum absolute atomic E-state index is 0.140. The molecule has 7 heteroatoms. The molecule has 1 aliphatic carbocycles. The summed E-state index contributed by atoms with van der Waals surface area (Å²) >= 11 is 0. The molecule has 1 aromatic heterocycles. The van der Waals surface area contributed by atoms with Gasteiger partial charge in [-0.15, -0.1) is 6.58 Å². The zero-order chi connectivity index (χ0) is 20.0. The van der Waals surface area contributed by atoms with Crippen molar-refractivity contribution in [3.63, 3.8) is 0 Å². The fraction of sp³-hybridized carbons (Fsp3) is 0.333. The van der Waals surface area contributed by atoms with E-state index in [1.54, 1.807) is 31.3 Å². The van der Waals surface area contributed by atoms with E-state index in [0.29, 0.717) is 12.1 Å². The van der Waals surface area contributed by atoms with E-state index in [-0.39, 0.29) is 25.3 Å². The van der Waals surface area contributed by atoms with Crippen LogP contribution in [0, 0.1) is 5.92 Å². The molecule has 148 valence electrons. The number of hydrogen-bond acceptors (Lipinski definition) is 5. The van der Waals surface area contributed by atoms with Gasteiger partial charge in [0.05, 0.1) is 18.5 Å². The van der Waals surface area contributed by atoms with E-state index in [0.717, 1.165) is 5.56 Å². The van der Waals surface area contributed by atoms with Crippen molar-refractivity contribution in [3.05, 3.63) is 78.6 Å². The molecule has 1 saturated carbocycles. The maximum absolute atomic E-state index is 13.9. The first-order valence-corrected chi connectivity index (χ1v) is 11.1. The first-order chi connectivity index (χ1) is 13.5. The molecule has 2 aromatic rings. The number of aromatic nitrogens is 1. The van der Waals surface area contributed by atoms with E-state index in [9.17, 15) is 9.36 Å². The Morgan fingerprint density at radius 1 is 1.32 bits per heavy atom. The van der Waals surface area contributed by atoms with Crippen LogP contribution in [0.15, 0.2) is 67.4 Å². The van der Waals surface area contributed by atoms with E-state index >= 15 is 0 Å². The zero-order valence-electron chi connectivity index (χ0n) is 15.9. The number of carbonyl (C=O) groups is 1. The fourth-order valence-corrected chi connectivity index (χ4v) is 6.31. The fourth-order valence-electron chi connectivity index (χ4n) is 3.33. The van der Waals surface area contributed by atoms with E-state index in [4.69, 9.17) is 9.26 Å². The molecule has 0 aliphatic heterocycles. The average molecular weight is 400 g/mol. The minimum atomic E-state index is -3.30. The highest BCUT2D eigenvalue weighted by molar-refractivity contribution is 7.60. The van der Waals surface area contributed by atoms with Gasteiger partial charge >= 0.3 is 6.09 Å². The highest BCUT2D eigenvalue weighted by atomic mass is 31.2. The van der Waals surface area contributed by atoms with Crippen LogP contribution in [-0.2, 0) is 26.6 Å². The summed E-state index contributed by atoms with van der Waals surface area (Å²) in [6.07, 6.45) is 3.39. The number of benzene rings is 1. The van der Waals surface area contributed by atoms with Gasteiger partial charge in [0.25, 0.3) is 0 Å². The number of rotatable bonds is 9. The second-order valence-electron chi connectivity index (χ2n) is 6.73. The smallest absolute Gasteiger partial charge is 0.408 e. The summed E-state index contributed by atoms with van der Waals surface area (Å²) in [5, 5.41) is 1.83. The molecule has 1 amide bonds. The third kappa shape index (κ3) is 4.34. The number of ether oxygens (including phenoxy) is 1. The van der Waals surface area contributed by atoms with Gasteiger partial charge in [0, 0.05) is 12.1 Å². The van der Waals surface area contributed by atoms with Crippen molar-refractivity contribution in [2.45, 2.75) is 31.4 Å². The van der Waals surface area contributed by atoms with Crippen LogP contribution in [-0.4, -0.2) is 23.0 Å². The topological polar surface area (TPSA) is 77.5 Å². The standard InChI is InChI=1S/C21H25N2O4P/c1-3-18-14-21(18,23-20(24)26-15-17-10-6-5-7-11-17)28(25,27-4-2)16-19-12-8-9-13-22-19/h3,5-13,18H,1,4,14-16H2,2H3,(H,23,24)/t18-,21+,28+/m1/s1. The lowest BCUT2D eigenvalue weighted by molar-refractivity contribution is 0.136. The van der Waals surface area contributed by atoms with Crippen LogP contribution in [0.3, 0.4) is 0 Å². The highest BCUT2D eigenvalue weighted by Crippen LogP contribution is 2.73. The second-order valence-corrected chi connectivity index (χ2v) is 9.45. The van der Waals surface area contributed by atoms with Gasteiger partial charge in [0.1, 0.15) is 11.9 Å². The van der Waals surface area contributed by atoms with Gasteiger partial charge in [-0.05, 0) is 31.0 Å². The normalized spacial score (nSPS) is 22.7. The maximum Gasteiger partial charge on any atom is 0.408 e. The Morgan fingerprint density at radius 3 is 2.68 bits per heavy atom. The Balaban J connectivity index is 1.76. The summed E-state index contributed by atoms with van der Waals surface area (Å²) < 4.78 is 25.0. The van der Waals surface area contributed by atoms with Crippen molar-refractivity contribution in [2.75, 3.05) is 6.61 Å². The Kier molecular flexibility index (Phi) is 6.32. The predicted octanol–water partition coefficient (Wildman–Crippen LogP) is 4.72. The van der Waals surface area contributed by atoms with Gasteiger partial charge in [-0.3, -0.25) is 9.55 Å². The summed E-state index contributed by atoms with van der Waals surface area (Å²) in [5.41, 5.74) is 1.54. The Bertz CT molecular complexity index is 859. The maximum atomic E-state index is 13.9. The van der Waals surface area contributed by atoms with Gasteiger partial charge in [-0.1, -0.05) is 42.5 Å². The van der Waals surface area contributed by atoms with Crippen LogP contribution in [0.2, 0.25) is 0 Å². The lowest BCUT2D eigenvalue weighted by Gasteiger charge is -2.28. The van der Waals surface area contributed by atoms with Crippen LogP contribution in [0.4, 0.5) is 4.79 Å². The lowest BCUT2D eigenvalue weighted by Crippen LogP contribution is -2.39. The van der Waals surface area contributed by atoms with Crippen LogP contribution >= 0.6 is 7.37 Å². The van der Waals surface area contributed by atoms with E-state index < -0.39 is 18.7 Å². The lowest BCUT2D eigenvalue weighted by atomic mass is 10.2. The Morgan fingerprint density at radius 2 is 2.07 bits per heavy atom. The number of pyridine rings is 1. The second kappa shape index (κ2) is 8.72. The number of carbonyl (C=O) groups excluding carboxylic acids is 1. The minimum Gasteiger partial charge on any atom is -0.445 e. The Hall–Kier alpha value is -2.43. The monoisotopic (exact) mass is 400 g/mol. The molecule has 0 radical (unpaired) electrons. The van der Waals surface area contributed by atoms with Gasteiger partial charge in [-0.2, -0.15) is 0 Å². The largest absolute Gasteiger partial charge is 0.445 e. The molecule has 0 bridgehead atoms. The molecule has 3 rings (SSSR count). The van der Waals surface area contributed by atoms with Crippen molar-refractivity contribution in [2.24, 2.45) is 5.92 Å². The molecule has 0 saturated heterocycles. The van der Waals surface area contributed by atoms with Crippen molar-refractivity contribution in [1.29, 1.82) is 0 Å². The summed E-state index contributed by atoms with van der Waals surface area (Å²) in [5.74, 6) is -0.141. The molecule has 3 atom stereocenters. The number of nitrogens with zero attached hydrogens (tertiary/aromatic N) is 1. The number of nitrogens with one attached hydrogen (secondary N) is 1. The molecule has 1 aliphatic rings.